The van der Waals surface area contributed by atoms with E-state index in [0.29, 0.717) is 12.1 Å². The molecule has 1 N–H and O–H groups in total. The van der Waals surface area contributed by atoms with Crippen LogP contribution in [-0.4, -0.2) is 6.04 Å². The van der Waals surface area contributed by atoms with Gasteiger partial charge in [0.05, 0.1) is 0 Å². The zero-order valence-corrected chi connectivity index (χ0v) is 12.4. The minimum absolute atomic E-state index is 0.604. The molecular formula is C18H27N. The molecule has 1 aromatic rings. The zero-order chi connectivity index (χ0) is 13.2. The molecule has 0 aliphatic heterocycles. The Morgan fingerprint density at radius 3 is 2.68 bits per heavy atom. The number of nitrogens with one attached hydrogen (secondary N) is 1. The van der Waals surface area contributed by atoms with E-state index >= 15 is 0 Å². The van der Waals surface area contributed by atoms with Crippen LogP contribution in [0.1, 0.15) is 68.2 Å². The van der Waals surface area contributed by atoms with Crippen LogP contribution in [0.25, 0.3) is 0 Å². The van der Waals surface area contributed by atoms with E-state index in [2.05, 4.69) is 37.4 Å². The molecule has 0 amide bonds. The summed E-state index contributed by atoms with van der Waals surface area (Å²) in [6.45, 7) is 4.62. The summed E-state index contributed by atoms with van der Waals surface area (Å²) in [5.41, 5.74) is 4.54. The Balaban J connectivity index is 1.66. The highest BCUT2D eigenvalue weighted by atomic mass is 15.0. The molecule has 1 saturated carbocycles. The molecule has 3 rings (SSSR count). The minimum atomic E-state index is 0.604. The number of hydrogen-bond acceptors (Lipinski definition) is 1. The van der Waals surface area contributed by atoms with Gasteiger partial charge in [-0.15, -0.1) is 0 Å². The molecule has 0 aromatic heterocycles. The fourth-order valence-corrected chi connectivity index (χ4v) is 3.98. The van der Waals surface area contributed by atoms with Gasteiger partial charge in [0.25, 0.3) is 0 Å². The van der Waals surface area contributed by atoms with Crippen LogP contribution in [0, 0.1) is 12.8 Å². The molecule has 19 heavy (non-hydrogen) atoms. The van der Waals surface area contributed by atoms with Crippen molar-refractivity contribution in [3.63, 3.8) is 0 Å². The molecule has 1 heteroatoms. The van der Waals surface area contributed by atoms with Crippen LogP contribution in [0.15, 0.2) is 18.2 Å². The minimum Gasteiger partial charge on any atom is -0.307 e. The maximum absolute atomic E-state index is 3.93. The second kappa shape index (κ2) is 5.66. The molecule has 1 unspecified atom stereocenters. The summed E-state index contributed by atoms with van der Waals surface area (Å²) >= 11 is 0. The first-order valence-corrected chi connectivity index (χ1v) is 8.09. The average molecular weight is 257 g/mol. The number of benzene rings is 1. The quantitative estimate of drug-likeness (QED) is 0.838. The molecule has 2 aliphatic carbocycles. The van der Waals surface area contributed by atoms with Gasteiger partial charge in [-0.1, -0.05) is 43.0 Å². The normalized spacial score (nSPS) is 25.3. The number of hydrogen-bond donors (Lipinski definition) is 1. The van der Waals surface area contributed by atoms with Crippen LogP contribution in [0.3, 0.4) is 0 Å². The van der Waals surface area contributed by atoms with Crippen molar-refractivity contribution >= 4 is 0 Å². The van der Waals surface area contributed by atoms with Gasteiger partial charge in [-0.25, -0.2) is 0 Å². The van der Waals surface area contributed by atoms with Crippen LogP contribution in [0.2, 0.25) is 0 Å². The highest BCUT2D eigenvalue weighted by molar-refractivity contribution is 5.37. The molecule has 1 aromatic carbocycles. The molecule has 0 heterocycles. The Kier molecular flexibility index (Phi) is 3.93. The Bertz CT molecular complexity index is 431. The first kappa shape index (κ1) is 13.2. The lowest BCUT2D eigenvalue weighted by Gasteiger charge is -2.31. The lowest BCUT2D eigenvalue weighted by Crippen LogP contribution is -2.36. The Morgan fingerprint density at radius 2 is 1.89 bits per heavy atom. The summed E-state index contributed by atoms with van der Waals surface area (Å²) in [7, 11) is 0. The summed E-state index contributed by atoms with van der Waals surface area (Å²) in [6.07, 6.45) is 9.74. The van der Waals surface area contributed by atoms with Crippen LogP contribution >= 0.6 is 0 Å². The van der Waals surface area contributed by atoms with Crippen LogP contribution in [0.5, 0.6) is 0 Å². The van der Waals surface area contributed by atoms with Gasteiger partial charge in [0, 0.05) is 12.1 Å². The fraction of sp³-hybridized carbons (Fsp3) is 0.667. The molecule has 1 fully saturated rings. The molecule has 0 saturated heterocycles. The Morgan fingerprint density at radius 1 is 1.11 bits per heavy atom. The highest BCUT2D eigenvalue weighted by Crippen LogP contribution is 2.34. The third-order valence-corrected chi connectivity index (χ3v) is 5.20. The maximum atomic E-state index is 3.93. The lowest BCUT2D eigenvalue weighted by atomic mass is 9.84. The summed E-state index contributed by atoms with van der Waals surface area (Å²) in [5, 5.41) is 3.93. The topological polar surface area (TPSA) is 12.0 Å². The van der Waals surface area contributed by atoms with E-state index in [0.717, 1.165) is 5.92 Å². The Hall–Kier alpha value is -0.820. The van der Waals surface area contributed by atoms with E-state index in [1.807, 2.05) is 0 Å². The van der Waals surface area contributed by atoms with Crippen molar-refractivity contribution in [2.24, 2.45) is 5.92 Å². The van der Waals surface area contributed by atoms with Crippen molar-refractivity contribution in [2.45, 2.75) is 70.9 Å². The van der Waals surface area contributed by atoms with Crippen LogP contribution < -0.4 is 5.32 Å². The van der Waals surface area contributed by atoms with E-state index < -0.39 is 0 Å². The van der Waals surface area contributed by atoms with Gasteiger partial charge in [-0.2, -0.15) is 0 Å². The zero-order valence-electron chi connectivity index (χ0n) is 12.4. The smallest absolute Gasteiger partial charge is 0.0328 e. The van der Waals surface area contributed by atoms with E-state index in [1.165, 1.54) is 50.5 Å². The number of aryl methyl sites for hydroxylation is 2. The van der Waals surface area contributed by atoms with Crippen LogP contribution in [-0.2, 0) is 6.42 Å². The van der Waals surface area contributed by atoms with Gasteiger partial charge in [-0.3, -0.25) is 0 Å². The van der Waals surface area contributed by atoms with Crippen molar-refractivity contribution < 1.29 is 0 Å². The summed E-state index contributed by atoms with van der Waals surface area (Å²) in [5.74, 6) is 0.905. The first-order chi connectivity index (χ1) is 9.24. The summed E-state index contributed by atoms with van der Waals surface area (Å²) in [4.78, 5) is 0. The van der Waals surface area contributed by atoms with Gasteiger partial charge in [0.2, 0.25) is 0 Å². The third-order valence-electron chi connectivity index (χ3n) is 5.20. The standard InChI is InChI=1S/C18H27N/c1-13-8-9-16-10-11-18(17(16)12-13)19-14(2)15-6-4-3-5-7-15/h8-9,12,14-15,18-19H,3-7,10-11H2,1-2H3/t14-,18?/m0/s1. The number of rotatable bonds is 3. The first-order valence-electron chi connectivity index (χ1n) is 8.09. The largest absolute Gasteiger partial charge is 0.307 e. The lowest BCUT2D eigenvalue weighted by molar-refractivity contribution is 0.264. The molecule has 0 bridgehead atoms. The monoisotopic (exact) mass is 257 g/mol. The predicted octanol–water partition coefficient (Wildman–Crippen LogP) is 4.54. The van der Waals surface area contributed by atoms with Crippen molar-refractivity contribution in [1.29, 1.82) is 0 Å². The van der Waals surface area contributed by atoms with Gasteiger partial charge in [-0.05, 0) is 56.6 Å². The second-order valence-corrected chi connectivity index (χ2v) is 6.65. The van der Waals surface area contributed by atoms with Crippen LogP contribution in [0.4, 0.5) is 0 Å². The van der Waals surface area contributed by atoms with E-state index in [9.17, 15) is 0 Å². The maximum Gasteiger partial charge on any atom is 0.0328 e. The molecule has 2 atom stereocenters. The van der Waals surface area contributed by atoms with E-state index in [1.54, 1.807) is 11.1 Å². The number of fused-ring (bicyclic) bond motifs is 1. The molecule has 1 nitrogen and oxygen atoms in total. The van der Waals surface area contributed by atoms with Gasteiger partial charge >= 0.3 is 0 Å². The van der Waals surface area contributed by atoms with E-state index in [-0.39, 0.29) is 0 Å². The fourth-order valence-electron chi connectivity index (χ4n) is 3.98. The highest BCUT2D eigenvalue weighted by Gasteiger charge is 2.27. The van der Waals surface area contributed by atoms with Crippen molar-refractivity contribution in [1.82, 2.24) is 5.32 Å². The predicted molar refractivity (Wildman–Crippen MR) is 81.4 cm³/mol. The van der Waals surface area contributed by atoms with Gasteiger partial charge in [0.1, 0.15) is 0 Å². The second-order valence-electron chi connectivity index (χ2n) is 6.65. The van der Waals surface area contributed by atoms with Gasteiger partial charge in [0.15, 0.2) is 0 Å². The molecule has 0 radical (unpaired) electrons. The molecule has 104 valence electrons. The Labute approximate surface area is 117 Å². The molecule has 0 spiro atoms. The molecular weight excluding hydrogens is 230 g/mol. The third kappa shape index (κ3) is 2.86. The average Bonchev–Trinajstić information content (AvgIpc) is 2.82. The summed E-state index contributed by atoms with van der Waals surface area (Å²) < 4.78 is 0. The van der Waals surface area contributed by atoms with E-state index in [4.69, 9.17) is 0 Å². The van der Waals surface area contributed by atoms with Crippen molar-refractivity contribution in [3.8, 4) is 0 Å². The molecule has 2 aliphatic rings. The van der Waals surface area contributed by atoms with Crippen molar-refractivity contribution in [3.05, 3.63) is 34.9 Å². The van der Waals surface area contributed by atoms with Crippen molar-refractivity contribution in [2.75, 3.05) is 0 Å². The van der Waals surface area contributed by atoms with Gasteiger partial charge < -0.3 is 5.32 Å². The SMILES string of the molecule is Cc1ccc2c(c1)C(N[C@@H](C)C1CCCCC1)CC2. The summed E-state index contributed by atoms with van der Waals surface area (Å²) in [6, 6.07) is 8.26.